The molecule has 154 valence electrons. The van der Waals surface area contributed by atoms with E-state index in [1.54, 1.807) is 17.1 Å². The van der Waals surface area contributed by atoms with E-state index in [0.29, 0.717) is 30.4 Å². The molecule has 2 aliphatic rings. The summed E-state index contributed by atoms with van der Waals surface area (Å²) in [5.41, 5.74) is 2.29. The molecule has 0 unspecified atom stereocenters. The number of pyridine rings is 1. The first-order chi connectivity index (χ1) is 13.9. The Morgan fingerprint density at radius 3 is 2.83 bits per heavy atom. The number of morpholine rings is 1. The molecular formula is C19H25N7O2S. The second-order valence-electron chi connectivity index (χ2n) is 7.97. The normalized spacial score (nSPS) is 22.0. The SMILES string of the molecule is Cc1cc(-n2ncc3c(N=[S@@](C)(=O)C4CC4)cc(N4CCOC[C@H]4C)nc32)n[nH]1. The molecule has 3 aromatic heterocycles. The summed E-state index contributed by atoms with van der Waals surface area (Å²) in [6.07, 6.45) is 5.45. The Labute approximate surface area is 169 Å². The van der Waals surface area contributed by atoms with Gasteiger partial charge in [-0.3, -0.25) is 5.10 Å². The topological polar surface area (TPSA) is 101 Å². The molecule has 1 saturated heterocycles. The van der Waals surface area contributed by atoms with Crippen molar-refractivity contribution in [3.05, 3.63) is 24.0 Å². The van der Waals surface area contributed by atoms with Crippen LogP contribution in [-0.4, -0.2) is 66.5 Å². The van der Waals surface area contributed by atoms with Crippen molar-refractivity contribution in [2.45, 2.75) is 38.0 Å². The van der Waals surface area contributed by atoms with Crippen LogP contribution < -0.4 is 4.90 Å². The summed E-state index contributed by atoms with van der Waals surface area (Å²) in [5.74, 6) is 1.47. The van der Waals surface area contributed by atoms with Gasteiger partial charge in [-0.1, -0.05) is 0 Å². The Morgan fingerprint density at radius 1 is 1.31 bits per heavy atom. The van der Waals surface area contributed by atoms with Gasteiger partial charge in [-0.25, -0.2) is 9.19 Å². The highest BCUT2D eigenvalue weighted by Gasteiger charge is 2.31. The molecule has 10 heteroatoms. The minimum atomic E-state index is -2.30. The third-order valence-corrected chi connectivity index (χ3v) is 7.77. The number of anilines is 1. The molecule has 4 heterocycles. The lowest BCUT2D eigenvalue weighted by molar-refractivity contribution is 0.0985. The van der Waals surface area contributed by atoms with Gasteiger partial charge in [0.1, 0.15) is 5.82 Å². The van der Waals surface area contributed by atoms with Crippen LogP contribution >= 0.6 is 0 Å². The van der Waals surface area contributed by atoms with Gasteiger partial charge in [0.2, 0.25) is 0 Å². The molecule has 1 aliphatic heterocycles. The van der Waals surface area contributed by atoms with Crippen LogP contribution in [0.1, 0.15) is 25.5 Å². The Morgan fingerprint density at radius 2 is 2.14 bits per heavy atom. The maximum absolute atomic E-state index is 13.1. The summed E-state index contributed by atoms with van der Waals surface area (Å²) < 4.78 is 25.1. The first-order valence-corrected chi connectivity index (χ1v) is 11.9. The highest BCUT2D eigenvalue weighted by Crippen LogP contribution is 2.36. The van der Waals surface area contributed by atoms with Crippen LogP contribution in [0.2, 0.25) is 0 Å². The Balaban J connectivity index is 1.72. The number of aromatic amines is 1. The van der Waals surface area contributed by atoms with Gasteiger partial charge < -0.3 is 9.64 Å². The highest BCUT2D eigenvalue weighted by atomic mass is 32.2. The first-order valence-electron chi connectivity index (χ1n) is 9.89. The second kappa shape index (κ2) is 6.81. The quantitative estimate of drug-likeness (QED) is 0.703. The summed E-state index contributed by atoms with van der Waals surface area (Å²) in [6, 6.07) is 4.06. The maximum Gasteiger partial charge on any atom is 0.177 e. The molecular weight excluding hydrogens is 390 g/mol. The minimum absolute atomic E-state index is 0.181. The molecule has 1 N–H and O–H groups in total. The van der Waals surface area contributed by atoms with Crippen molar-refractivity contribution in [2.75, 3.05) is 30.9 Å². The highest BCUT2D eigenvalue weighted by molar-refractivity contribution is 7.93. The fourth-order valence-electron chi connectivity index (χ4n) is 3.72. The van der Waals surface area contributed by atoms with Crippen LogP contribution in [0.5, 0.6) is 0 Å². The number of aromatic nitrogens is 5. The molecule has 0 spiro atoms. The number of aryl methyl sites for hydroxylation is 1. The summed E-state index contributed by atoms with van der Waals surface area (Å²) in [7, 11) is -2.30. The van der Waals surface area contributed by atoms with E-state index in [1.807, 2.05) is 19.1 Å². The van der Waals surface area contributed by atoms with E-state index in [0.717, 1.165) is 36.3 Å². The maximum atomic E-state index is 13.1. The fourth-order valence-corrected chi connectivity index (χ4v) is 5.42. The molecule has 2 fully saturated rings. The average molecular weight is 416 g/mol. The van der Waals surface area contributed by atoms with Gasteiger partial charge in [0.15, 0.2) is 11.5 Å². The van der Waals surface area contributed by atoms with Gasteiger partial charge in [-0.15, -0.1) is 0 Å². The van der Waals surface area contributed by atoms with Crippen LogP contribution in [0.25, 0.3) is 16.9 Å². The molecule has 5 rings (SSSR count). The van der Waals surface area contributed by atoms with E-state index in [9.17, 15) is 4.21 Å². The zero-order valence-electron chi connectivity index (χ0n) is 16.8. The molecule has 0 aromatic carbocycles. The van der Waals surface area contributed by atoms with Crippen LogP contribution in [0.3, 0.4) is 0 Å². The summed E-state index contributed by atoms with van der Waals surface area (Å²) in [6.45, 7) is 6.11. The number of H-pyrrole nitrogens is 1. The monoisotopic (exact) mass is 415 g/mol. The number of nitrogens with one attached hydrogen (secondary N) is 1. The molecule has 0 amide bonds. The number of rotatable bonds is 4. The summed E-state index contributed by atoms with van der Waals surface area (Å²) in [5, 5.41) is 12.7. The number of hydrogen-bond donors (Lipinski definition) is 1. The molecule has 9 nitrogen and oxygen atoms in total. The third-order valence-electron chi connectivity index (χ3n) is 5.50. The van der Waals surface area contributed by atoms with Crippen LogP contribution in [-0.2, 0) is 14.5 Å². The third kappa shape index (κ3) is 3.40. The van der Waals surface area contributed by atoms with E-state index in [4.69, 9.17) is 14.1 Å². The van der Waals surface area contributed by atoms with E-state index < -0.39 is 9.73 Å². The van der Waals surface area contributed by atoms with Crippen molar-refractivity contribution < 1.29 is 8.95 Å². The van der Waals surface area contributed by atoms with Gasteiger partial charge in [0.25, 0.3) is 0 Å². The summed E-state index contributed by atoms with van der Waals surface area (Å²) >= 11 is 0. The average Bonchev–Trinajstić information content (AvgIpc) is 3.34. The predicted octanol–water partition coefficient (Wildman–Crippen LogP) is 2.57. The van der Waals surface area contributed by atoms with Gasteiger partial charge >= 0.3 is 0 Å². The predicted molar refractivity (Wildman–Crippen MR) is 113 cm³/mol. The number of ether oxygens (including phenoxy) is 1. The lowest BCUT2D eigenvalue weighted by Crippen LogP contribution is -2.44. The van der Waals surface area contributed by atoms with Crippen molar-refractivity contribution in [3.8, 4) is 5.82 Å². The fraction of sp³-hybridized carbons (Fsp3) is 0.526. The Hall–Kier alpha value is -2.46. The van der Waals surface area contributed by atoms with E-state index in [-0.39, 0.29) is 11.3 Å². The van der Waals surface area contributed by atoms with Crippen molar-refractivity contribution >= 4 is 32.3 Å². The standard InChI is InChI=1S/C19H25N7O2S/c1-12-8-18(23-22-12)26-19-15(10-20-26)16(24-29(3,27)14-4-5-14)9-17(21-19)25-6-7-28-11-13(25)2/h8-10,13-14H,4-7,11H2,1-3H3,(H,22,23)/t13-,29+/m1/s1. The first kappa shape index (κ1) is 18.6. The van der Waals surface area contributed by atoms with Crippen LogP contribution in [0.15, 0.2) is 22.7 Å². The number of fused-ring (bicyclic) bond motifs is 1. The molecule has 1 saturated carbocycles. The zero-order valence-corrected chi connectivity index (χ0v) is 17.6. The molecule has 0 radical (unpaired) electrons. The van der Waals surface area contributed by atoms with E-state index in [2.05, 4.69) is 27.1 Å². The van der Waals surface area contributed by atoms with Crippen molar-refractivity contribution in [1.82, 2.24) is 25.0 Å². The van der Waals surface area contributed by atoms with Crippen molar-refractivity contribution in [1.29, 1.82) is 0 Å². The van der Waals surface area contributed by atoms with Crippen molar-refractivity contribution in [3.63, 3.8) is 0 Å². The van der Waals surface area contributed by atoms with Gasteiger partial charge in [-0.05, 0) is 26.7 Å². The largest absolute Gasteiger partial charge is 0.377 e. The van der Waals surface area contributed by atoms with E-state index in [1.165, 1.54) is 0 Å². The van der Waals surface area contributed by atoms with Crippen LogP contribution in [0.4, 0.5) is 11.5 Å². The lowest BCUT2D eigenvalue weighted by Gasteiger charge is -2.34. The van der Waals surface area contributed by atoms with Crippen molar-refractivity contribution in [2.24, 2.45) is 4.36 Å². The minimum Gasteiger partial charge on any atom is -0.377 e. The van der Waals surface area contributed by atoms with E-state index >= 15 is 0 Å². The Bertz CT molecular complexity index is 1190. The second-order valence-corrected chi connectivity index (χ2v) is 10.5. The molecule has 3 aromatic rings. The molecule has 29 heavy (non-hydrogen) atoms. The molecule has 1 aliphatic carbocycles. The number of hydrogen-bond acceptors (Lipinski definition) is 7. The number of nitrogens with zero attached hydrogens (tertiary/aromatic N) is 6. The molecule has 0 bridgehead atoms. The zero-order chi connectivity index (χ0) is 20.2. The molecule has 2 atom stereocenters. The lowest BCUT2D eigenvalue weighted by atomic mass is 10.2. The van der Waals surface area contributed by atoms with Gasteiger partial charge in [0, 0.05) is 35.9 Å². The van der Waals surface area contributed by atoms with Gasteiger partial charge in [0.05, 0.1) is 46.3 Å². The summed E-state index contributed by atoms with van der Waals surface area (Å²) in [4.78, 5) is 7.12. The Kier molecular flexibility index (Phi) is 4.36. The van der Waals surface area contributed by atoms with Gasteiger partial charge in [-0.2, -0.15) is 19.2 Å². The van der Waals surface area contributed by atoms with Crippen LogP contribution in [0, 0.1) is 6.92 Å². The smallest absolute Gasteiger partial charge is 0.177 e.